The molecule has 1 amide bonds. The summed E-state index contributed by atoms with van der Waals surface area (Å²) in [5.74, 6) is 0.00255. The highest BCUT2D eigenvalue weighted by Crippen LogP contribution is 2.16. The van der Waals surface area contributed by atoms with Crippen LogP contribution in [-0.4, -0.2) is 37.1 Å². The van der Waals surface area contributed by atoms with E-state index < -0.39 is 0 Å². The van der Waals surface area contributed by atoms with Crippen LogP contribution in [0, 0.1) is 0 Å². The molecule has 0 saturated carbocycles. The van der Waals surface area contributed by atoms with Gasteiger partial charge in [-0.05, 0) is 15.9 Å². The van der Waals surface area contributed by atoms with Crippen molar-refractivity contribution in [2.45, 2.75) is 0 Å². The first-order valence-corrected chi connectivity index (χ1v) is 5.18. The molecule has 0 unspecified atom stereocenters. The Hall–Kier alpha value is -0.810. The molecule has 0 N–H and O–H groups in total. The summed E-state index contributed by atoms with van der Waals surface area (Å²) in [7, 11) is 0. The van der Waals surface area contributed by atoms with Gasteiger partial charge in [-0.3, -0.25) is 4.79 Å². The Morgan fingerprint density at radius 3 is 2.71 bits per heavy atom. The van der Waals surface area contributed by atoms with Gasteiger partial charge < -0.3 is 14.1 Å². The van der Waals surface area contributed by atoms with Crippen LogP contribution in [0.3, 0.4) is 0 Å². The van der Waals surface area contributed by atoms with E-state index in [4.69, 9.17) is 9.15 Å². The average molecular weight is 260 g/mol. The molecule has 0 bridgehead atoms. The van der Waals surface area contributed by atoms with Gasteiger partial charge in [0.25, 0.3) is 5.91 Å². The second-order valence-corrected chi connectivity index (χ2v) is 3.83. The van der Waals surface area contributed by atoms with Crippen LogP contribution in [0.15, 0.2) is 21.4 Å². The molecule has 4 nitrogen and oxygen atoms in total. The molecule has 1 aliphatic rings. The van der Waals surface area contributed by atoms with Gasteiger partial charge in [0, 0.05) is 19.2 Å². The van der Waals surface area contributed by atoms with Crippen molar-refractivity contribution in [3.63, 3.8) is 0 Å². The number of hydrogen-bond acceptors (Lipinski definition) is 3. The van der Waals surface area contributed by atoms with Gasteiger partial charge >= 0.3 is 0 Å². The van der Waals surface area contributed by atoms with Gasteiger partial charge in [-0.1, -0.05) is 0 Å². The van der Waals surface area contributed by atoms with E-state index in [0.29, 0.717) is 36.5 Å². The Morgan fingerprint density at radius 2 is 2.14 bits per heavy atom. The van der Waals surface area contributed by atoms with E-state index in [2.05, 4.69) is 15.9 Å². The summed E-state index contributed by atoms with van der Waals surface area (Å²) in [5, 5.41) is 0. The maximum absolute atomic E-state index is 11.8. The summed E-state index contributed by atoms with van der Waals surface area (Å²) in [6, 6.07) is 1.68. The molecule has 0 atom stereocenters. The maximum Gasteiger partial charge on any atom is 0.257 e. The summed E-state index contributed by atoms with van der Waals surface area (Å²) >= 11 is 3.16. The highest BCUT2D eigenvalue weighted by molar-refractivity contribution is 9.10. The Kier molecular flexibility index (Phi) is 2.88. The van der Waals surface area contributed by atoms with Gasteiger partial charge in [0.15, 0.2) is 4.67 Å². The van der Waals surface area contributed by atoms with Crippen LogP contribution in [0.2, 0.25) is 0 Å². The van der Waals surface area contributed by atoms with Gasteiger partial charge in [0.05, 0.1) is 18.8 Å². The zero-order valence-corrected chi connectivity index (χ0v) is 9.12. The van der Waals surface area contributed by atoms with Crippen LogP contribution in [-0.2, 0) is 4.74 Å². The molecule has 14 heavy (non-hydrogen) atoms. The smallest absolute Gasteiger partial charge is 0.257 e. The second kappa shape index (κ2) is 4.14. The first kappa shape index (κ1) is 9.73. The molecule has 1 aliphatic heterocycles. The summed E-state index contributed by atoms with van der Waals surface area (Å²) in [5.41, 5.74) is 0.582. The fraction of sp³-hybridized carbons (Fsp3) is 0.444. The quantitative estimate of drug-likeness (QED) is 0.768. The monoisotopic (exact) mass is 259 g/mol. The van der Waals surface area contributed by atoms with Crippen LogP contribution >= 0.6 is 15.9 Å². The normalized spacial score (nSPS) is 17.1. The van der Waals surface area contributed by atoms with Crippen molar-refractivity contribution in [2.24, 2.45) is 0 Å². The molecule has 1 fully saturated rings. The van der Waals surface area contributed by atoms with E-state index >= 15 is 0 Å². The molecule has 76 valence electrons. The molecule has 1 saturated heterocycles. The van der Waals surface area contributed by atoms with E-state index in [1.165, 1.54) is 6.26 Å². The molecule has 2 heterocycles. The summed E-state index contributed by atoms with van der Waals surface area (Å²) in [6.45, 7) is 2.54. The van der Waals surface area contributed by atoms with Gasteiger partial charge in [-0.15, -0.1) is 0 Å². The van der Waals surface area contributed by atoms with E-state index in [0.717, 1.165) is 0 Å². The predicted molar refractivity (Wildman–Crippen MR) is 53.1 cm³/mol. The number of rotatable bonds is 1. The average Bonchev–Trinajstić information content (AvgIpc) is 2.65. The molecular weight excluding hydrogens is 250 g/mol. The van der Waals surface area contributed by atoms with Gasteiger partial charge in [-0.2, -0.15) is 0 Å². The first-order valence-electron chi connectivity index (χ1n) is 4.38. The number of nitrogens with zero attached hydrogens (tertiary/aromatic N) is 1. The molecule has 0 aliphatic carbocycles. The van der Waals surface area contributed by atoms with Crippen molar-refractivity contribution in [1.82, 2.24) is 4.90 Å². The van der Waals surface area contributed by atoms with Crippen molar-refractivity contribution in [3.05, 3.63) is 22.6 Å². The van der Waals surface area contributed by atoms with Crippen LogP contribution < -0.4 is 0 Å². The predicted octanol–water partition coefficient (Wildman–Crippen LogP) is 1.51. The molecule has 0 radical (unpaired) electrons. The minimum absolute atomic E-state index is 0.00255. The lowest BCUT2D eigenvalue weighted by molar-refractivity contribution is 0.0302. The molecular formula is C9H10BrNO3. The molecule has 0 spiro atoms. The number of hydrogen-bond donors (Lipinski definition) is 0. The molecule has 1 aromatic rings. The number of ether oxygens (including phenoxy) is 1. The van der Waals surface area contributed by atoms with Gasteiger partial charge in [0.1, 0.15) is 6.26 Å². The lowest BCUT2D eigenvalue weighted by atomic mass is 10.3. The Balaban J connectivity index is 2.07. The zero-order chi connectivity index (χ0) is 9.97. The van der Waals surface area contributed by atoms with Crippen molar-refractivity contribution in [1.29, 1.82) is 0 Å². The Labute approximate surface area is 89.9 Å². The number of carbonyl (C=O) groups excluding carboxylic acids is 1. The number of morpholine rings is 1. The molecule has 2 rings (SSSR count). The third-order valence-corrected chi connectivity index (χ3v) is 2.53. The first-order chi connectivity index (χ1) is 6.77. The number of furan rings is 1. The SMILES string of the molecule is O=C(c1coc(Br)c1)N1CCOCC1. The van der Waals surface area contributed by atoms with Crippen LogP contribution in [0.5, 0.6) is 0 Å². The van der Waals surface area contributed by atoms with Gasteiger partial charge in [0.2, 0.25) is 0 Å². The highest BCUT2D eigenvalue weighted by Gasteiger charge is 2.19. The summed E-state index contributed by atoms with van der Waals surface area (Å²) in [4.78, 5) is 13.6. The van der Waals surface area contributed by atoms with Crippen LogP contribution in [0.4, 0.5) is 0 Å². The van der Waals surface area contributed by atoms with E-state index in [1.807, 2.05) is 0 Å². The van der Waals surface area contributed by atoms with Crippen LogP contribution in [0.1, 0.15) is 10.4 Å². The number of amides is 1. The van der Waals surface area contributed by atoms with Crippen molar-refractivity contribution in [2.75, 3.05) is 26.3 Å². The maximum atomic E-state index is 11.8. The van der Waals surface area contributed by atoms with Crippen LogP contribution in [0.25, 0.3) is 0 Å². The summed E-state index contributed by atoms with van der Waals surface area (Å²) < 4.78 is 10.8. The standard InChI is InChI=1S/C9H10BrNO3/c10-8-5-7(6-14-8)9(12)11-1-3-13-4-2-11/h5-6H,1-4H2. The van der Waals surface area contributed by atoms with E-state index in [9.17, 15) is 4.79 Å². The summed E-state index contributed by atoms with van der Waals surface area (Å²) in [6.07, 6.45) is 1.46. The van der Waals surface area contributed by atoms with Gasteiger partial charge in [-0.25, -0.2) is 0 Å². The zero-order valence-electron chi connectivity index (χ0n) is 7.53. The topological polar surface area (TPSA) is 42.7 Å². The Bertz CT molecular complexity index is 331. The van der Waals surface area contributed by atoms with Crippen molar-refractivity contribution in [3.8, 4) is 0 Å². The lowest BCUT2D eigenvalue weighted by Crippen LogP contribution is -2.40. The highest BCUT2D eigenvalue weighted by atomic mass is 79.9. The molecule has 0 aromatic carbocycles. The minimum atomic E-state index is 0.00255. The number of halogens is 1. The Morgan fingerprint density at radius 1 is 1.43 bits per heavy atom. The fourth-order valence-corrected chi connectivity index (χ4v) is 1.71. The fourth-order valence-electron chi connectivity index (χ4n) is 1.37. The second-order valence-electron chi connectivity index (χ2n) is 3.04. The van der Waals surface area contributed by atoms with Crippen molar-refractivity contribution < 1.29 is 13.9 Å². The van der Waals surface area contributed by atoms with E-state index in [-0.39, 0.29) is 5.91 Å². The minimum Gasteiger partial charge on any atom is -0.457 e. The third-order valence-electron chi connectivity index (χ3n) is 2.11. The number of carbonyl (C=O) groups is 1. The van der Waals surface area contributed by atoms with E-state index in [1.54, 1.807) is 11.0 Å². The lowest BCUT2D eigenvalue weighted by Gasteiger charge is -2.26. The van der Waals surface area contributed by atoms with Crippen molar-refractivity contribution >= 4 is 21.8 Å². The third kappa shape index (κ3) is 1.99. The molecule has 5 heteroatoms. The molecule has 1 aromatic heterocycles. The largest absolute Gasteiger partial charge is 0.457 e.